The molecule has 0 heterocycles. The second-order valence-electron chi connectivity index (χ2n) is 2.35. The fourth-order valence-electron chi connectivity index (χ4n) is 0.797. The van der Waals surface area contributed by atoms with Gasteiger partial charge in [0.2, 0.25) is 0 Å². The van der Waals surface area contributed by atoms with Crippen LogP contribution in [-0.4, -0.2) is 11.7 Å². The minimum absolute atomic E-state index is 0.0360. The number of thiol groups is 1. The van der Waals surface area contributed by atoms with Gasteiger partial charge in [-0.15, -0.1) is 12.6 Å². The van der Waals surface area contributed by atoms with E-state index in [0.29, 0.717) is 9.93 Å². The van der Waals surface area contributed by atoms with Crippen LogP contribution in [0.25, 0.3) is 6.08 Å². The van der Waals surface area contributed by atoms with Gasteiger partial charge in [-0.25, -0.2) is 0 Å². The van der Waals surface area contributed by atoms with Crippen LogP contribution in [0.5, 0.6) is 0 Å². The Balaban J connectivity index is 2.84. The molecule has 0 saturated heterocycles. The van der Waals surface area contributed by atoms with Gasteiger partial charge in [0.25, 0.3) is 0 Å². The molecule has 0 radical (unpaired) electrons. The molecule has 0 aliphatic heterocycles. The predicted molar refractivity (Wildman–Crippen MR) is 55.5 cm³/mol. The monoisotopic (exact) mass is 200 g/mol. The topological polar surface area (TPSA) is 20.2 Å². The number of halogens is 1. The summed E-state index contributed by atoms with van der Waals surface area (Å²) in [5.74, 6) is 0. The molecule has 0 aliphatic carbocycles. The van der Waals surface area contributed by atoms with Crippen molar-refractivity contribution in [2.75, 3.05) is 6.61 Å². The highest BCUT2D eigenvalue weighted by atomic mass is 35.5. The third-order valence-corrected chi connectivity index (χ3v) is 1.89. The van der Waals surface area contributed by atoms with Gasteiger partial charge in [0.1, 0.15) is 0 Å². The molecule has 1 N–H and O–H groups in total. The Morgan fingerprint density at radius 2 is 2.00 bits per heavy atom. The first kappa shape index (κ1) is 9.65. The molecule has 1 rings (SSSR count). The number of aliphatic hydroxyl groups is 1. The maximum Gasteiger partial charge on any atom is 0.0738 e. The molecule has 0 spiro atoms. The van der Waals surface area contributed by atoms with Crippen LogP contribution in [-0.2, 0) is 0 Å². The van der Waals surface area contributed by atoms with E-state index in [-0.39, 0.29) is 6.61 Å². The van der Waals surface area contributed by atoms with Crippen LogP contribution in [0.15, 0.2) is 29.2 Å². The maximum absolute atomic E-state index is 8.68. The average Bonchev–Trinajstić information content (AvgIpc) is 2.09. The summed E-state index contributed by atoms with van der Waals surface area (Å²) in [6.07, 6.45) is 1.79. The zero-order valence-corrected chi connectivity index (χ0v) is 8.02. The molecule has 0 aromatic heterocycles. The van der Waals surface area contributed by atoms with Gasteiger partial charge >= 0.3 is 0 Å². The number of hydrogen-bond acceptors (Lipinski definition) is 2. The Bertz CT molecular complexity index is 279. The first-order chi connectivity index (χ1) is 5.72. The summed E-state index contributed by atoms with van der Waals surface area (Å²) in [5.41, 5.74) is 0.985. The quantitative estimate of drug-likeness (QED) is 0.704. The van der Waals surface area contributed by atoms with Crippen LogP contribution >= 0.6 is 24.2 Å². The Morgan fingerprint density at radius 3 is 2.50 bits per heavy atom. The Hall–Kier alpha value is -0.440. The smallest absolute Gasteiger partial charge is 0.0738 e. The van der Waals surface area contributed by atoms with E-state index >= 15 is 0 Å². The molecule has 1 aromatic carbocycles. The fraction of sp³-hybridized carbons (Fsp3) is 0.111. The lowest BCUT2D eigenvalue weighted by atomic mass is 10.2. The Morgan fingerprint density at radius 1 is 1.42 bits per heavy atom. The normalized spacial score (nSPS) is 11.8. The minimum Gasteiger partial charge on any atom is -0.391 e. The zero-order valence-electron chi connectivity index (χ0n) is 6.37. The second kappa shape index (κ2) is 4.55. The summed E-state index contributed by atoms with van der Waals surface area (Å²) in [4.78, 5) is 0.636. The molecule has 64 valence electrons. The molecule has 0 aliphatic rings. The molecule has 0 saturated carbocycles. The van der Waals surface area contributed by atoms with E-state index in [2.05, 4.69) is 12.6 Å². The van der Waals surface area contributed by atoms with Crippen molar-refractivity contribution in [1.29, 1.82) is 0 Å². The Labute approximate surface area is 82.1 Å². The Kier molecular flexibility index (Phi) is 3.66. The molecule has 12 heavy (non-hydrogen) atoms. The van der Waals surface area contributed by atoms with E-state index in [1.54, 1.807) is 18.2 Å². The number of rotatable bonds is 2. The lowest BCUT2D eigenvalue weighted by Gasteiger charge is -1.95. The van der Waals surface area contributed by atoms with Gasteiger partial charge in [-0.1, -0.05) is 23.7 Å². The van der Waals surface area contributed by atoms with Gasteiger partial charge < -0.3 is 5.11 Å². The second-order valence-corrected chi connectivity index (χ2v) is 3.36. The number of aliphatic hydroxyl groups excluding tert-OH is 1. The number of benzene rings is 1. The van der Waals surface area contributed by atoms with Crippen molar-refractivity contribution in [3.05, 3.63) is 39.8 Å². The van der Waals surface area contributed by atoms with Crippen LogP contribution in [0.2, 0.25) is 5.02 Å². The van der Waals surface area contributed by atoms with Gasteiger partial charge in [-0.05, 0) is 23.8 Å². The van der Waals surface area contributed by atoms with Crippen molar-refractivity contribution in [3.63, 3.8) is 0 Å². The molecule has 0 bridgehead atoms. The maximum atomic E-state index is 8.68. The van der Waals surface area contributed by atoms with Crippen molar-refractivity contribution in [3.8, 4) is 0 Å². The predicted octanol–water partition coefficient (Wildman–Crippen LogP) is 2.60. The third-order valence-electron chi connectivity index (χ3n) is 1.37. The highest BCUT2D eigenvalue weighted by Crippen LogP contribution is 2.13. The summed E-state index contributed by atoms with van der Waals surface area (Å²) < 4.78 is 0. The average molecular weight is 201 g/mol. The summed E-state index contributed by atoms with van der Waals surface area (Å²) in [6, 6.07) is 7.33. The van der Waals surface area contributed by atoms with Gasteiger partial charge in [-0.3, -0.25) is 0 Å². The molecule has 0 fully saturated rings. The largest absolute Gasteiger partial charge is 0.391 e. The zero-order chi connectivity index (χ0) is 8.97. The van der Waals surface area contributed by atoms with Crippen LogP contribution in [0.1, 0.15) is 5.56 Å². The first-order valence-corrected chi connectivity index (χ1v) is 4.31. The first-order valence-electron chi connectivity index (χ1n) is 3.48. The highest BCUT2D eigenvalue weighted by molar-refractivity contribution is 7.84. The molecule has 1 nitrogen and oxygen atoms in total. The van der Waals surface area contributed by atoms with E-state index in [1.807, 2.05) is 12.1 Å². The minimum atomic E-state index is -0.0360. The van der Waals surface area contributed by atoms with Crippen LogP contribution < -0.4 is 0 Å². The SMILES string of the molecule is OC/C(S)=C/c1ccc(Cl)cc1. The molecule has 0 amide bonds. The molecular weight excluding hydrogens is 192 g/mol. The molecular formula is C9H9ClOS. The van der Waals surface area contributed by atoms with E-state index in [9.17, 15) is 0 Å². The van der Waals surface area contributed by atoms with Crippen molar-refractivity contribution in [2.24, 2.45) is 0 Å². The lowest BCUT2D eigenvalue weighted by molar-refractivity contribution is 0.340. The van der Waals surface area contributed by atoms with Crippen LogP contribution in [0.4, 0.5) is 0 Å². The van der Waals surface area contributed by atoms with E-state index in [1.165, 1.54) is 0 Å². The molecule has 1 aromatic rings. The van der Waals surface area contributed by atoms with Crippen molar-refractivity contribution in [2.45, 2.75) is 0 Å². The summed E-state index contributed by atoms with van der Waals surface area (Å²) >= 11 is 9.74. The standard InChI is InChI=1S/C9H9ClOS/c10-8-3-1-7(2-4-8)5-9(12)6-11/h1-5,11-12H,6H2/b9-5-. The summed E-state index contributed by atoms with van der Waals surface area (Å²) in [6.45, 7) is -0.0360. The molecule has 3 heteroatoms. The van der Waals surface area contributed by atoms with Gasteiger partial charge in [0.05, 0.1) is 6.61 Å². The van der Waals surface area contributed by atoms with Crippen molar-refractivity contribution < 1.29 is 5.11 Å². The van der Waals surface area contributed by atoms with Crippen LogP contribution in [0.3, 0.4) is 0 Å². The van der Waals surface area contributed by atoms with Crippen LogP contribution in [0, 0.1) is 0 Å². The molecule has 0 unspecified atom stereocenters. The van der Waals surface area contributed by atoms with E-state index in [4.69, 9.17) is 16.7 Å². The van der Waals surface area contributed by atoms with Crippen molar-refractivity contribution >= 4 is 30.3 Å². The van der Waals surface area contributed by atoms with Gasteiger partial charge in [0, 0.05) is 9.93 Å². The van der Waals surface area contributed by atoms with Gasteiger partial charge in [0.15, 0.2) is 0 Å². The molecule has 0 atom stereocenters. The summed E-state index contributed by atoms with van der Waals surface area (Å²) in [7, 11) is 0. The third kappa shape index (κ3) is 2.89. The lowest BCUT2D eigenvalue weighted by Crippen LogP contribution is -1.80. The highest BCUT2D eigenvalue weighted by Gasteiger charge is 1.90. The van der Waals surface area contributed by atoms with Crippen molar-refractivity contribution in [1.82, 2.24) is 0 Å². The van der Waals surface area contributed by atoms with E-state index < -0.39 is 0 Å². The fourth-order valence-corrected chi connectivity index (χ4v) is 1.07. The van der Waals surface area contributed by atoms with E-state index in [0.717, 1.165) is 5.56 Å². The summed E-state index contributed by atoms with van der Waals surface area (Å²) in [5, 5.41) is 9.39. The van der Waals surface area contributed by atoms with Gasteiger partial charge in [-0.2, -0.15) is 0 Å². The number of hydrogen-bond donors (Lipinski definition) is 2.